The summed E-state index contributed by atoms with van der Waals surface area (Å²) in [5.74, 6) is 0. The van der Waals surface area contributed by atoms with E-state index in [0.29, 0.717) is 0 Å². The van der Waals surface area contributed by atoms with Gasteiger partial charge in [-0.1, -0.05) is 140 Å². The van der Waals surface area contributed by atoms with Gasteiger partial charge in [-0.2, -0.15) is 0 Å². The molecule has 3 heterocycles. The lowest BCUT2D eigenvalue weighted by atomic mass is 9.95. The number of nitrogens with zero attached hydrogens (tertiary/aromatic N) is 4. The predicted molar refractivity (Wildman–Crippen MR) is 217 cm³/mol. The number of allylic oxidation sites excluding steroid dienone is 4. The summed E-state index contributed by atoms with van der Waals surface area (Å²) in [7, 11) is 0. The van der Waals surface area contributed by atoms with Gasteiger partial charge in [-0.3, -0.25) is 4.40 Å². The van der Waals surface area contributed by atoms with Gasteiger partial charge in [-0.05, 0) is 76.7 Å². The first-order valence-corrected chi connectivity index (χ1v) is 17.9. The van der Waals surface area contributed by atoms with E-state index in [1.165, 1.54) is 16.5 Å². The second-order valence-corrected chi connectivity index (χ2v) is 13.4. The van der Waals surface area contributed by atoms with Crippen LogP contribution >= 0.6 is 0 Å². The van der Waals surface area contributed by atoms with Gasteiger partial charge in [0.15, 0.2) is 0 Å². The van der Waals surface area contributed by atoms with E-state index in [-0.39, 0.29) is 0 Å². The minimum atomic E-state index is 0.895. The first-order chi connectivity index (χ1) is 25.8. The number of para-hydroxylation sites is 3. The van der Waals surface area contributed by atoms with Crippen LogP contribution in [0.1, 0.15) is 18.4 Å². The van der Waals surface area contributed by atoms with Gasteiger partial charge < -0.3 is 4.90 Å². The van der Waals surface area contributed by atoms with E-state index >= 15 is 0 Å². The van der Waals surface area contributed by atoms with Gasteiger partial charge in [0.2, 0.25) is 0 Å². The van der Waals surface area contributed by atoms with Gasteiger partial charge in [0.1, 0.15) is 16.7 Å². The van der Waals surface area contributed by atoms with Crippen LogP contribution in [0.3, 0.4) is 0 Å². The van der Waals surface area contributed by atoms with Crippen LogP contribution in [0.5, 0.6) is 0 Å². The first-order valence-electron chi connectivity index (χ1n) is 17.9. The summed E-state index contributed by atoms with van der Waals surface area (Å²) in [5, 5.41) is 3.38. The predicted octanol–water partition coefficient (Wildman–Crippen LogP) is 12.7. The molecular weight excluding hydrogens is 633 g/mol. The van der Waals surface area contributed by atoms with Crippen LogP contribution in [0.15, 0.2) is 182 Å². The Kier molecular flexibility index (Phi) is 7.24. The van der Waals surface area contributed by atoms with Crippen LogP contribution in [-0.2, 0) is 0 Å². The van der Waals surface area contributed by atoms with Crippen LogP contribution in [0.4, 0.5) is 17.1 Å². The molecule has 0 fully saturated rings. The van der Waals surface area contributed by atoms with Crippen molar-refractivity contribution in [1.82, 2.24) is 14.4 Å². The number of aromatic nitrogens is 3. The molecular formula is C48H34N4. The fourth-order valence-electron chi connectivity index (χ4n) is 7.75. The topological polar surface area (TPSA) is 33.4 Å². The minimum absolute atomic E-state index is 0.895. The van der Waals surface area contributed by atoms with Crippen LogP contribution in [0.2, 0.25) is 0 Å². The van der Waals surface area contributed by atoms with Crippen molar-refractivity contribution in [1.29, 1.82) is 0 Å². The molecule has 0 saturated heterocycles. The Labute approximate surface area is 302 Å². The Morgan fingerprint density at radius 1 is 0.558 bits per heavy atom. The molecule has 0 radical (unpaired) electrons. The molecule has 6 aromatic carbocycles. The second kappa shape index (κ2) is 12.5. The molecule has 1 aliphatic carbocycles. The molecule has 0 unspecified atom stereocenters. The van der Waals surface area contributed by atoms with Crippen molar-refractivity contribution in [3.05, 3.63) is 188 Å². The SMILES string of the molecule is C1=CCCC(c2ccc(-c3cc(N(c4ccccc4)c4ccccc4)cn4c3nc3c5ccccc5nc(-c5cccc6ccccc56)c34)cc2)=C1. The van der Waals surface area contributed by atoms with Gasteiger partial charge >= 0.3 is 0 Å². The normalized spacial score (nSPS) is 12.9. The Balaban J connectivity index is 1.32. The number of fused-ring (bicyclic) bond motifs is 6. The third kappa shape index (κ3) is 5.07. The molecule has 0 saturated carbocycles. The largest absolute Gasteiger partial charge is 0.309 e. The molecule has 0 amide bonds. The Hall–Kier alpha value is -6.78. The Bertz CT molecular complexity index is 2790. The summed E-state index contributed by atoms with van der Waals surface area (Å²) in [6, 6.07) is 56.0. The van der Waals surface area contributed by atoms with Crippen LogP contribution < -0.4 is 4.90 Å². The fraction of sp³-hybridized carbons (Fsp3) is 0.0417. The molecule has 4 nitrogen and oxygen atoms in total. The number of hydrogen-bond acceptors (Lipinski definition) is 3. The van der Waals surface area contributed by atoms with E-state index in [1.807, 2.05) is 0 Å². The van der Waals surface area contributed by atoms with Gasteiger partial charge in [0, 0.05) is 34.1 Å². The monoisotopic (exact) mass is 666 g/mol. The molecule has 246 valence electrons. The summed E-state index contributed by atoms with van der Waals surface area (Å²) in [6.07, 6.45) is 11.0. The molecule has 0 aliphatic heterocycles. The third-order valence-corrected chi connectivity index (χ3v) is 10.2. The first kappa shape index (κ1) is 30.1. The lowest BCUT2D eigenvalue weighted by Crippen LogP contribution is -2.11. The number of hydrogen-bond donors (Lipinski definition) is 0. The highest BCUT2D eigenvalue weighted by Gasteiger charge is 2.23. The Morgan fingerprint density at radius 2 is 1.23 bits per heavy atom. The van der Waals surface area contributed by atoms with E-state index < -0.39 is 0 Å². The molecule has 52 heavy (non-hydrogen) atoms. The number of rotatable bonds is 6. The standard InChI is InChI=1S/C48H34N4/c1-4-15-33(16-5-1)34-27-29-36(30-28-34)43-31-39(52(37-19-6-2-7-20-37)38-21-8-3-9-22-38)32-51-47-45(41-25-14-18-35-17-10-11-23-40(35)41)49-44-26-13-12-24-42(44)46(47)50-48(43)51/h1-4,6-15,17-32H,5,16H2. The quantitative estimate of drug-likeness (QED) is 0.177. The summed E-state index contributed by atoms with van der Waals surface area (Å²) in [6.45, 7) is 0. The number of pyridine rings is 2. The summed E-state index contributed by atoms with van der Waals surface area (Å²) < 4.78 is 2.29. The third-order valence-electron chi connectivity index (χ3n) is 10.2. The molecule has 9 aromatic rings. The van der Waals surface area contributed by atoms with Gasteiger partial charge in [0.05, 0.1) is 16.9 Å². The highest BCUT2D eigenvalue weighted by molar-refractivity contribution is 6.12. The zero-order valence-electron chi connectivity index (χ0n) is 28.5. The van der Waals surface area contributed by atoms with E-state index in [2.05, 4.69) is 191 Å². The molecule has 1 aliphatic rings. The van der Waals surface area contributed by atoms with Gasteiger partial charge in [0.25, 0.3) is 0 Å². The maximum atomic E-state index is 5.53. The smallest absolute Gasteiger partial charge is 0.146 e. The van der Waals surface area contributed by atoms with E-state index in [4.69, 9.17) is 9.97 Å². The lowest BCUT2D eigenvalue weighted by molar-refractivity contribution is 1.05. The number of anilines is 3. The Morgan fingerprint density at radius 3 is 1.98 bits per heavy atom. The maximum absolute atomic E-state index is 5.53. The molecule has 0 spiro atoms. The average molecular weight is 667 g/mol. The zero-order valence-corrected chi connectivity index (χ0v) is 28.5. The highest BCUT2D eigenvalue weighted by atomic mass is 15.2. The van der Waals surface area contributed by atoms with Crippen LogP contribution in [-0.4, -0.2) is 14.4 Å². The van der Waals surface area contributed by atoms with Crippen molar-refractivity contribution in [3.8, 4) is 22.4 Å². The summed E-state index contributed by atoms with van der Waals surface area (Å²) in [5.41, 5.74) is 13.7. The molecule has 3 aromatic heterocycles. The van der Waals surface area contributed by atoms with Crippen molar-refractivity contribution in [2.45, 2.75) is 12.8 Å². The van der Waals surface area contributed by atoms with E-state index in [0.717, 1.165) is 85.3 Å². The summed E-state index contributed by atoms with van der Waals surface area (Å²) >= 11 is 0. The van der Waals surface area contributed by atoms with Crippen LogP contribution in [0, 0.1) is 0 Å². The second-order valence-electron chi connectivity index (χ2n) is 13.4. The van der Waals surface area contributed by atoms with E-state index in [1.54, 1.807) is 0 Å². The molecule has 4 heteroatoms. The van der Waals surface area contributed by atoms with Crippen LogP contribution in [0.25, 0.3) is 66.3 Å². The van der Waals surface area contributed by atoms with Crippen molar-refractivity contribution < 1.29 is 0 Å². The molecule has 0 N–H and O–H groups in total. The minimum Gasteiger partial charge on any atom is -0.309 e. The van der Waals surface area contributed by atoms with Crippen molar-refractivity contribution in [3.63, 3.8) is 0 Å². The average Bonchev–Trinajstić information content (AvgIpc) is 3.61. The summed E-state index contributed by atoms with van der Waals surface area (Å²) in [4.78, 5) is 13.3. The van der Waals surface area contributed by atoms with Crippen molar-refractivity contribution in [2.24, 2.45) is 0 Å². The molecule has 0 atom stereocenters. The van der Waals surface area contributed by atoms with Gasteiger partial charge in [-0.15, -0.1) is 0 Å². The molecule has 10 rings (SSSR count). The number of benzene rings is 6. The highest BCUT2D eigenvalue weighted by Crippen LogP contribution is 2.42. The van der Waals surface area contributed by atoms with Gasteiger partial charge in [-0.25, -0.2) is 9.97 Å². The maximum Gasteiger partial charge on any atom is 0.146 e. The zero-order chi connectivity index (χ0) is 34.4. The number of imidazole rings is 1. The van der Waals surface area contributed by atoms with E-state index in [9.17, 15) is 0 Å². The fourth-order valence-corrected chi connectivity index (χ4v) is 7.75. The van der Waals surface area contributed by atoms with Crippen molar-refractivity contribution in [2.75, 3.05) is 4.90 Å². The van der Waals surface area contributed by atoms with Crippen molar-refractivity contribution >= 4 is 61.0 Å². The lowest BCUT2D eigenvalue weighted by Gasteiger charge is -2.26. The molecule has 0 bridgehead atoms.